The summed E-state index contributed by atoms with van der Waals surface area (Å²) in [6.45, 7) is 0.0194. The molecule has 2 aromatic rings. The number of aromatic nitrogens is 1. The van der Waals surface area contributed by atoms with Crippen LogP contribution in [-0.2, 0) is 16.6 Å². The molecule has 1 aromatic carbocycles. The highest BCUT2D eigenvalue weighted by atomic mass is 35.5. The Morgan fingerprint density at radius 3 is 2.67 bits per heavy atom. The van der Waals surface area contributed by atoms with Gasteiger partial charge in [-0.3, -0.25) is 9.71 Å². The fourth-order valence-corrected chi connectivity index (χ4v) is 3.63. The third-order valence-corrected chi connectivity index (χ3v) is 4.77. The number of hydrogen-bond acceptors (Lipinski definition) is 4. The molecule has 112 valence electrons. The zero-order valence-corrected chi connectivity index (χ0v) is 12.8. The number of benzene rings is 1. The van der Waals surface area contributed by atoms with E-state index < -0.39 is 15.8 Å². The van der Waals surface area contributed by atoms with Gasteiger partial charge in [-0.2, -0.15) is 0 Å². The number of anilines is 1. The largest absolute Gasteiger partial charge is 0.326 e. The number of halogens is 3. The van der Waals surface area contributed by atoms with Crippen LogP contribution >= 0.6 is 23.2 Å². The molecule has 0 radical (unpaired) electrons. The maximum Gasteiger partial charge on any atom is 0.263 e. The van der Waals surface area contributed by atoms with Crippen molar-refractivity contribution in [2.24, 2.45) is 5.73 Å². The van der Waals surface area contributed by atoms with Crippen molar-refractivity contribution >= 4 is 38.9 Å². The molecule has 0 fully saturated rings. The first kappa shape index (κ1) is 16.0. The summed E-state index contributed by atoms with van der Waals surface area (Å²) in [5.74, 6) is -0.807. The first-order valence-electron chi connectivity index (χ1n) is 5.65. The molecule has 0 atom stereocenters. The molecule has 9 heteroatoms. The van der Waals surface area contributed by atoms with Crippen LogP contribution < -0.4 is 10.5 Å². The van der Waals surface area contributed by atoms with E-state index in [1.807, 2.05) is 0 Å². The van der Waals surface area contributed by atoms with Crippen LogP contribution in [0, 0.1) is 5.82 Å². The second kappa shape index (κ2) is 6.15. The summed E-state index contributed by atoms with van der Waals surface area (Å²) < 4.78 is 40.2. The molecule has 0 aliphatic carbocycles. The van der Waals surface area contributed by atoms with E-state index in [1.54, 1.807) is 0 Å². The Bertz CT molecular complexity index is 784. The smallest absolute Gasteiger partial charge is 0.263 e. The monoisotopic (exact) mass is 349 g/mol. The maximum atomic E-state index is 13.5. The molecule has 0 spiro atoms. The van der Waals surface area contributed by atoms with Crippen molar-refractivity contribution in [3.05, 3.63) is 52.0 Å². The van der Waals surface area contributed by atoms with Gasteiger partial charge in [-0.05, 0) is 23.8 Å². The van der Waals surface area contributed by atoms with Crippen LogP contribution in [0.5, 0.6) is 0 Å². The third kappa shape index (κ3) is 3.44. The van der Waals surface area contributed by atoms with Gasteiger partial charge < -0.3 is 5.73 Å². The zero-order valence-electron chi connectivity index (χ0n) is 10.5. The summed E-state index contributed by atoms with van der Waals surface area (Å²) in [6.07, 6.45) is 2.15. The molecule has 0 bridgehead atoms. The molecule has 0 aliphatic rings. The van der Waals surface area contributed by atoms with Gasteiger partial charge in [0.1, 0.15) is 4.90 Å². The molecule has 21 heavy (non-hydrogen) atoms. The molecule has 0 saturated heterocycles. The SMILES string of the molecule is NCc1cc(Cl)cc(S(=O)(=O)Nc2ccncc2F)c1Cl. The number of nitrogens with two attached hydrogens (primary N) is 1. The molecule has 3 N–H and O–H groups in total. The highest BCUT2D eigenvalue weighted by Gasteiger charge is 2.22. The topological polar surface area (TPSA) is 85.1 Å². The summed E-state index contributed by atoms with van der Waals surface area (Å²) in [5, 5.41) is 0.110. The molecule has 0 amide bonds. The van der Waals surface area contributed by atoms with Crippen LogP contribution in [0.1, 0.15) is 5.56 Å². The standard InChI is InChI=1S/C12H10Cl2FN3O2S/c13-8-3-7(5-16)12(14)11(4-8)21(19,20)18-10-1-2-17-6-9(10)15/h1-4,6H,5,16H2,(H,17,18). The fourth-order valence-electron chi connectivity index (χ4n) is 1.62. The van der Waals surface area contributed by atoms with Crippen molar-refractivity contribution in [3.8, 4) is 0 Å². The average molecular weight is 350 g/mol. The normalized spacial score (nSPS) is 11.4. The van der Waals surface area contributed by atoms with Crippen LogP contribution in [0.2, 0.25) is 10.0 Å². The Balaban J connectivity index is 2.50. The summed E-state index contributed by atoms with van der Waals surface area (Å²) in [5.41, 5.74) is 5.62. The van der Waals surface area contributed by atoms with Gasteiger partial charge in [-0.1, -0.05) is 23.2 Å². The van der Waals surface area contributed by atoms with E-state index in [2.05, 4.69) is 9.71 Å². The van der Waals surface area contributed by atoms with Crippen molar-refractivity contribution in [1.29, 1.82) is 0 Å². The van der Waals surface area contributed by atoms with Gasteiger partial charge in [0.2, 0.25) is 0 Å². The molecule has 2 rings (SSSR count). The summed E-state index contributed by atoms with van der Waals surface area (Å²) in [6, 6.07) is 3.83. The van der Waals surface area contributed by atoms with E-state index >= 15 is 0 Å². The lowest BCUT2D eigenvalue weighted by Crippen LogP contribution is -2.15. The lowest BCUT2D eigenvalue weighted by molar-refractivity contribution is 0.598. The lowest BCUT2D eigenvalue weighted by Gasteiger charge is -2.12. The van der Waals surface area contributed by atoms with E-state index in [0.29, 0.717) is 5.56 Å². The highest BCUT2D eigenvalue weighted by molar-refractivity contribution is 7.92. The van der Waals surface area contributed by atoms with E-state index in [9.17, 15) is 12.8 Å². The quantitative estimate of drug-likeness (QED) is 0.888. The summed E-state index contributed by atoms with van der Waals surface area (Å²) >= 11 is 11.9. The number of nitrogens with one attached hydrogen (secondary N) is 1. The minimum Gasteiger partial charge on any atom is -0.326 e. The molecule has 0 unspecified atom stereocenters. The minimum atomic E-state index is -4.11. The lowest BCUT2D eigenvalue weighted by atomic mass is 10.2. The second-order valence-electron chi connectivity index (χ2n) is 4.04. The average Bonchev–Trinajstić information content (AvgIpc) is 2.43. The Morgan fingerprint density at radius 1 is 1.33 bits per heavy atom. The van der Waals surface area contributed by atoms with Crippen LogP contribution in [0.25, 0.3) is 0 Å². The molecule has 0 aliphatic heterocycles. The number of nitrogens with zero attached hydrogens (tertiary/aromatic N) is 1. The Hall–Kier alpha value is -1.41. The molecule has 1 aromatic heterocycles. The summed E-state index contributed by atoms with van der Waals surface area (Å²) in [7, 11) is -4.11. The van der Waals surface area contributed by atoms with Gasteiger partial charge in [0.05, 0.1) is 16.9 Å². The van der Waals surface area contributed by atoms with Gasteiger partial charge in [-0.25, -0.2) is 12.8 Å². The van der Waals surface area contributed by atoms with E-state index in [-0.39, 0.29) is 27.2 Å². The van der Waals surface area contributed by atoms with E-state index in [1.165, 1.54) is 24.4 Å². The molecule has 1 heterocycles. The van der Waals surface area contributed by atoms with Crippen molar-refractivity contribution in [1.82, 2.24) is 4.98 Å². The van der Waals surface area contributed by atoms with E-state index in [4.69, 9.17) is 28.9 Å². The van der Waals surface area contributed by atoms with Crippen molar-refractivity contribution in [2.75, 3.05) is 4.72 Å². The Morgan fingerprint density at radius 2 is 2.05 bits per heavy atom. The van der Waals surface area contributed by atoms with Gasteiger partial charge >= 0.3 is 0 Å². The zero-order chi connectivity index (χ0) is 15.6. The number of hydrogen-bond donors (Lipinski definition) is 2. The number of rotatable bonds is 4. The first-order valence-corrected chi connectivity index (χ1v) is 7.89. The molecular formula is C12H10Cl2FN3O2S. The summed E-state index contributed by atoms with van der Waals surface area (Å²) in [4.78, 5) is 3.26. The first-order chi connectivity index (χ1) is 9.85. The minimum absolute atomic E-state index is 0.0194. The number of pyridine rings is 1. The van der Waals surface area contributed by atoms with Crippen molar-refractivity contribution < 1.29 is 12.8 Å². The molecule has 0 saturated carbocycles. The van der Waals surface area contributed by atoms with Gasteiger partial charge in [0, 0.05) is 17.8 Å². The van der Waals surface area contributed by atoms with Gasteiger partial charge in [0.15, 0.2) is 5.82 Å². The Kier molecular flexibility index (Phi) is 4.67. The van der Waals surface area contributed by atoms with Crippen LogP contribution in [-0.4, -0.2) is 13.4 Å². The van der Waals surface area contributed by atoms with Gasteiger partial charge in [0.25, 0.3) is 10.0 Å². The van der Waals surface area contributed by atoms with Crippen LogP contribution in [0.3, 0.4) is 0 Å². The maximum absolute atomic E-state index is 13.5. The molecule has 5 nitrogen and oxygen atoms in total. The van der Waals surface area contributed by atoms with Crippen LogP contribution in [0.15, 0.2) is 35.5 Å². The van der Waals surface area contributed by atoms with E-state index in [0.717, 1.165) is 6.20 Å². The predicted molar refractivity (Wildman–Crippen MR) is 79.4 cm³/mol. The number of sulfonamides is 1. The van der Waals surface area contributed by atoms with Crippen molar-refractivity contribution in [3.63, 3.8) is 0 Å². The van der Waals surface area contributed by atoms with Crippen molar-refractivity contribution in [2.45, 2.75) is 11.4 Å². The third-order valence-electron chi connectivity index (χ3n) is 2.61. The fraction of sp³-hybridized carbons (Fsp3) is 0.0833. The molecular weight excluding hydrogens is 340 g/mol. The van der Waals surface area contributed by atoms with Gasteiger partial charge in [-0.15, -0.1) is 0 Å². The predicted octanol–water partition coefficient (Wildman–Crippen LogP) is 2.79. The second-order valence-corrected chi connectivity index (χ2v) is 6.51. The Labute approximate surface area is 130 Å². The van der Waals surface area contributed by atoms with Crippen LogP contribution in [0.4, 0.5) is 10.1 Å². The highest BCUT2D eigenvalue weighted by Crippen LogP contribution is 2.30.